The van der Waals surface area contributed by atoms with Gasteiger partial charge in [0, 0.05) is 24.4 Å². The summed E-state index contributed by atoms with van der Waals surface area (Å²) in [6, 6.07) is 0.278. The Hall–Kier alpha value is -1.43. The van der Waals surface area contributed by atoms with Crippen LogP contribution in [0.5, 0.6) is 0 Å². The second-order valence-electron chi connectivity index (χ2n) is 7.38. The lowest BCUT2D eigenvalue weighted by Gasteiger charge is -2.22. The molecule has 0 spiro atoms. The fraction of sp³-hybridized carbons (Fsp3) is 0.824. The van der Waals surface area contributed by atoms with Gasteiger partial charge in [-0.05, 0) is 26.3 Å². The van der Waals surface area contributed by atoms with E-state index in [1.807, 2.05) is 0 Å². The topological polar surface area (TPSA) is 71.3 Å². The lowest BCUT2D eigenvalue weighted by molar-refractivity contribution is -0.126. The minimum absolute atomic E-state index is 0.103. The standard InChI is InChI=1S/C17H28N4O2/c1-11(2)15-19-17(23-20-15)14-9-13(10-21(14)3)18-16(22)12-7-5-4-6-8-12/h11-14H,4-10H2,1-3H3,(H,18,22). The Labute approximate surface area is 138 Å². The number of carbonyl (C=O) groups is 1. The van der Waals surface area contributed by atoms with Gasteiger partial charge in [0.05, 0.1) is 6.04 Å². The third-order valence-electron chi connectivity index (χ3n) is 5.13. The number of aromatic nitrogens is 2. The van der Waals surface area contributed by atoms with E-state index in [4.69, 9.17) is 4.52 Å². The van der Waals surface area contributed by atoms with Gasteiger partial charge < -0.3 is 9.84 Å². The van der Waals surface area contributed by atoms with Gasteiger partial charge in [0.2, 0.25) is 11.8 Å². The molecule has 2 heterocycles. The number of likely N-dealkylation sites (N-methyl/N-ethyl adjacent to an activating group) is 1. The molecule has 1 aliphatic carbocycles. The van der Waals surface area contributed by atoms with Crippen LogP contribution in [0.3, 0.4) is 0 Å². The van der Waals surface area contributed by atoms with Crippen LogP contribution < -0.4 is 5.32 Å². The number of hydrogen-bond donors (Lipinski definition) is 1. The van der Waals surface area contributed by atoms with Gasteiger partial charge in [0.25, 0.3) is 0 Å². The lowest BCUT2D eigenvalue weighted by Crippen LogP contribution is -2.40. The van der Waals surface area contributed by atoms with Crippen molar-refractivity contribution in [2.24, 2.45) is 5.92 Å². The molecule has 1 N–H and O–H groups in total. The zero-order chi connectivity index (χ0) is 16.4. The molecule has 1 aromatic rings. The van der Waals surface area contributed by atoms with Crippen LogP contribution in [0.4, 0.5) is 0 Å². The number of rotatable bonds is 4. The van der Waals surface area contributed by atoms with Crippen LogP contribution in [-0.2, 0) is 4.79 Å². The first-order valence-corrected chi connectivity index (χ1v) is 8.88. The van der Waals surface area contributed by atoms with Crippen molar-refractivity contribution in [2.75, 3.05) is 13.6 Å². The smallest absolute Gasteiger partial charge is 0.244 e. The van der Waals surface area contributed by atoms with Gasteiger partial charge in [-0.15, -0.1) is 0 Å². The van der Waals surface area contributed by atoms with Crippen molar-refractivity contribution in [3.05, 3.63) is 11.7 Å². The molecule has 3 rings (SSSR count). The van der Waals surface area contributed by atoms with Crippen molar-refractivity contribution < 1.29 is 9.32 Å². The summed E-state index contributed by atoms with van der Waals surface area (Å²) in [5, 5.41) is 7.29. The molecule has 6 nitrogen and oxygen atoms in total. The molecule has 1 saturated heterocycles. The maximum Gasteiger partial charge on any atom is 0.244 e. The summed E-state index contributed by atoms with van der Waals surface area (Å²) in [4.78, 5) is 19.1. The van der Waals surface area contributed by atoms with Gasteiger partial charge in [-0.2, -0.15) is 4.98 Å². The number of hydrogen-bond acceptors (Lipinski definition) is 5. The van der Waals surface area contributed by atoms with Gasteiger partial charge in [0.15, 0.2) is 5.82 Å². The molecule has 128 valence electrons. The molecule has 0 aromatic carbocycles. The number of amides is 1. The van der Waals surface area contributed by atoms with E-state index >= 15 is 0 Å². The summed E-state index contributed by atoms with van der Waals surface area (Å²) < 4.78 is 5.43. The van der Waals surface area contributed by atoms with E-state index in [-0.39, 0.29) is 29.8 Å². The summed E-state index contributed by atoms with van der Waals surface area (Å²) in [7, 11) is 2.05. The van der Waals surface area contributed by atoms with E-state index in [0.717, 1.165) is 31.6 Å². The molecule has 1 amide bonds. The summed E-state index contributed by atoms with van der Waals surface area (Å²) in [6.45, 7) is 4.95. The van der Waals surface area contributed by atoms with Crippen molar-refractivity contribution >= 4 is 5.91 Å². The Balaban J connectivity index is 1.58. The average molecular weight is 320 g/mol. The van der Waals surface area contributed by atoms with Crippen LogP contribution >= 0.6 is 0 Å². The van der Waals surface area contributed by atoms with E-state index in [0.29, 0.717) is 5.89 Å². The first kappa shape index (κ1) is 16.4. The minimum atomic E-state index is 0.103. The van der Waals surface area contributed by atoms with E-state index in [1.165, 1.54) is 19.3 Å². The van der Waals surface area contributed by atoms with Crippen molar-refractivity contribution in [1.29, 1.82) is 0 Å². The molecule has 1 aromatic heterocycles. The molecule has 2 aliphatic rings. The fourth-order valence-corrected chi connectivity index (χ4v) is 3.69. The average Bonchev–Trinajstić information content (AvgIpc) is 3.15. The highest BCUT2D eigenvalue weighted by atomic mass is 16.5. The van der Waals surface area contributed by atoms with E-state index < -0.39 is 0 Å². The minimum Gasteiger partial charge on any atom is -0.352 e. The maximum atomic E-state index is 12.4. The quantitative estimate of drug-likeness (QED) is 0.923. The highest BCUT2D eigenvalue weighted by Crippen LogP contribution is 2.31. The SMILES string of the molecule is CC(C)c1noc(C2CC(NC(=O)C3CCCCC3)CN2C)n1. The molecule has 1 saturated carbocycles. The number of nitrogens with zero attached hydrogens (tertiary/aromatic N) is 3. The van der Waals surface area contributed by atoms with Crippen LogP contribution in [0.1, 0.15) is 76.0 Å². The monoisotopic (exact) mass is 320 g/mol. The molecule has 1 aliphatic heterocycles. The predicted molar refractivity (Wildman–Crippen MR) is 86.9 cm³/mol. The van der Waals surface area contributed by atoms with Gasteiger partial charge in [-0.3, -0.25) is 9.69 Å². The highest BCUT2D eigenvalue weighted by molar-refractivity contribution is 5.79. The molecular weight excluding hydrogens is 292 g/mol. The van der Waals surface area contributed by atoms with Crippen molar-refractivity contribution in [3.63, 3.8) is 0 Å². The summed E-state index contributed by atoms with van der Waals surface area (Å²) in [6.07, 6.45) is 6.57. The van der Waals surface area contributed by atoms with Crippen molar-refractivity contribution in [1.82, 2.24) is 20.4 Å². The predicted octanol–water partition coefficient (Wildman–Crippen LogP) is 2.63. The fourth-order valence-electron chi connectivity index (χ4n) is 3.69. The molecule has 2 fully saturated rings. The van der Waals surface area contributed by atoms with Crippen molar-refractivity contribution in [2.45, 2.75) is 70.4 Å². The highest BCUT2D eigenvalue weighted by Gasteiger charge is 2.36. The first-order valence-electron chi connectivity index (χ1n) is 8.88. The van der Waals surface area contributed by atoms with Crippen LogP contribution in [0.15, 0.2) is 4.52 Å². The molecule has 0 bridgehead atoms. The van der Waals surface area contributed by atoms with Gasteiger partial charge in [0.1, 0.15) is 0 Å². The van der Waals surface area contributed by atoms with E-state index in [2.05, 4.69) is 41.3 Å². The Kier molecular flexibility index (Phi) is 4.99. The maximum absolute atomic E-state index is 12.4. The second kappa shape index (κ2) is 6.99. The Bertz CT molecular complexity index is 536. The molecule has 0 radical (unpaired) electrons. The van der Waals surface area contributed by atoms with Crippen LogP contribution in [0, 0.1) is 5.92 Å². The van der Waals surface area contributed by atoms with Crippen LogP contribution in [0.2, 0.25) is 0 Å². The van der Waals surface area contributed by atoms with Crippen LogP contribution in [0.25, 0.3) is 0 Å². The van der Waals surface area contributed by atoms with E-state index in [1.54, 1.807) is 0 Å². The Morgan fingerprint density at radius 2 is 2.04 bits per heavy atom. The normalized spacial score (nSPS) is 26.8. The zero-order valence-corrected chi connectivity index (χ0v) is 14.4. The van der Waals surface area contributed by atoms with Crippen molar-refractivity contribution in [3.8, 4) is 0 Å². The Morgan fingerprint density at radius 1 is 1.30 bits per heavy atom. The molecule has 23 heavy (non-hydrogen) atoms. The van der Waals surface area contributed by atoms with Gasteiger partial charge in [-0.25, -0.2) is 0 Å². The Morgan fingerprint density at radius 3 is 2.70 bits per heavy atom. The number of likely N-dealkylation sites (tertiary alicyclic amines) is 1. The zero-order valence-electron chi connectivity index (χ0n) is 14.4. The summed E-state index contributed by atoms with van der Waals surface area (Å²) in [5.41, 5.74) is 0. The third kappa shape index (κ3) is 3.74. The summed E-state index contributed by atoms with van der Waals surface area (Å²) in [5.74, 6) is 2.14. The van der Waals surface area contributed by atoms with Gasteiger partial charge >= 0.3 is 0 Å². The van der Waals surface area contributed by atoms with E-state index in [9.17, 15) is 4.79 Å². The molecule has 2 unspecified atom stereocenters. The lowest BCUT2D eigenvalue weighted by atomic mass is 9.88. The third-order valence-corrected chi connectivity index (χ3v) is 5.13. The molecule has 2 atom stereocenters. The first-order chi connectivity index (χ1) is 11.0. The molecular formula is C17H28N4O2. The van der Waals surface area contributed by atoms with Crippen LogP contribution in [-0.4, -0.2) is 40.6 Å². The molecule has 6 heteroatoms. The second-order valence-corrected chi connectivity index (χ2v) is 7.38. The number of carbonyl (C=O) groups excluding carboxylic acids is 1. The summed E-state index contributed by atoms with van der Waals surface area (Å²) >= 11 is 0. The van der Waals surface area contributed by atoms with Gasteiger partial charge in [-0.1, -0.05) is 38.3 Å². The number of nitrogens with one attached hydrogen (secondary N) is 1. The largest absolute Gasteiger partial charge is 0.352 e.